The fourth-order valence-corrected chi connectivity index (χ4v) is 3.99. The zero-order chi connectivity index (χ0) is 19.4. The number of hydrogen-bond donors (Lipinski definition) is 0. The van der Waals surface area contributed by atoms with Crippen molar-refractivity contribution in [3.05, 3.63) is 71.8 Å². The lowest BCUT2D eigenvalue weighted by atomic mass is 9.78. The first-order valence-corrected chi connectivity index (χ1v) is 9.72. The van der Waals surface area contributed by atoms with Gasteiger partial charge in [0.2, 0.25) is 0 Å². The Morgan fingerprint density at radius 3 is 1.93 bits per heavy atom. The lowest BCUT2D eigenvalue weighted by molar-refractivity contribution is 0.590. The Morgan fingerprint density at radius 2 is 1.30 bits per heavy atom. The van der Waals surface area contributed by atoms with Crippen molar-refractivity contribution in [2.24, 2.45) is 0 Å². The van der Waals surface area contributed by atoms with Crippen molar-refractivity contribution < 1.29 is 4.42 Å². The summed E-state index contributed by atoms with van der Waals surface area (Å²) in [6, 6.07) is 21.7. The van der Waals surface area contributed by atoms with Crippen LogP contribution in [0.5, 0.6) is 0 Å². The average Bonchev–Trinajstić information content (AvgIpc) is 2.98. The molecule has 0 fully saturated rings. The van der Waals surface area contributed by atoms with Crippen LogP contribution >= 0.6 is 0 Å². The van der Waals surface area contributed by atoms with Crippen molar-refractivity contribution >= 4 is 21.9 Å². The van der Waals surface area contributed by atoms with Gasteiger partial charge in [0.05, 0.1) is 0 Å². The summed E-state index contributed by atoms with van der Waals surface area (Å²) in [5, 5.41) is 2.45. The van der Waals surface area contributed by atoms with Gasteiger partial charge in [-0.2, -0.15) is 0 Å². The number of fused-ring (bicyclic) bond motifs is 3. The zero-order valence-electron chi connectivity index (χ0n) is 17.2. The van der Waals surface area contributed by atoms with Gasteiger partial charge in [-0.1, -0.05) is 90.1 Å². The van der Waals surface area contributed by atoms with Crippen LogP contribution in [0.15, 0.2) is 65.1 Å². The minimum atomic E-state index is 0.00415. The maximum absolute atomic E-state index is 6.14. The predicted molar refractivity (Wildman–Crippen MR) is 117 cm³/mol. The molecule has 0 aliphatic carbocycles. The highest BCUT2D eigenvalue weighted by Crippen LogP contribution is 2.42. The summed E-state index contributed by atoms with van der Waals surface area (Å²) in [7, 11) is 0. The first-order chi connectivity index (χ1) is 12.7. The summed E-state index contributed by atoms with van der Waals surface area (Å²) in [6.45, 7) is 13.6. The molecule has 1 heterocycles. The summed E-state index contributed by atoms with van der Waals surface area (Å²) in [4.78, 5) is 0. The molecule has 4 aromatic rings. The molecule has 0 saturated carbocycles. The quantitative estimate of drug-likeness (QED) is 0.338. The molecule has 27 heavy (non-hydrogen) atoms. The molecular formula is C26H28O. The predicted octanol–water partition coefficient (Wildman–Crippen LogP) is 7.85. The number of para-hydroxylation sites is 1. The third-order valence-corrected chi connectivity index (χ3v) is 5.36. The minimum Gasteiger partial charge on any atom is -0.456 e. The summed E-state index contributed by atoms with van der Waals surface area (Å²) >= 11 is 0. The summed E-state index contributed by atoms with van der Waals surface area (Å²) < 4.78 is 6.14. The Bertz CT molecular complexity index is 1110. The molecule has 0 atom stereocenters. The molecule has 4 rings (SSSR count). The summed E-state index contributed by atoms with van der Waals surface area (Å²) in [5.41, 5.74) is 7.36. The zero-order valence-corrected chi connectivity index (χ0v) is 17.2. The van der Waals surface area contributed by atoms with Crippen molar-refractivity contribution in [1.29, 1.82) is 0 Å². The summed E-state index contributed by atoms with van der Waals surface area (Å²) in [6.07, 6.45) is 0. The molecule has 1 aromatic heterocycles. The molecule has 1 heteroatoms. The van der Waals surface area contributed by atoms with Crippen molar-refractivity contribution in [3.63, 3.8) is 0 Å². The first-order valence-electron chi connectivity index (χ1n) is 9.72. The third kappa shape index (κ3) is 3.06. The topological polar surface area (TPSA) is 13.1 Å². The van der Waals surface area contributed by atoms with E-state index in [1.165, 1.54) is 33.0 Å². The van der Waals surface area contributed by atoms with Gasteiger partial charge in [0.15, 0.2) is 0 Å². The molecule has 0 aliphatic heterocycles. The van der Waals surface area contributed by atoms with Crippen molar-refractivity contribution in [3.8, 4) is 11.1 Å². The van der Waals surface area contributed by atoms with Crippen LogP contribution in [0.25, 0.3) is 33.1 Å². The molecule has 138 valence electrons. The largest absolute Gasteiger partial charge is 0.456 e. The number of hydrogen-bond acceptors (Lipinski definition) is 1. The van der Waals surface area contributed by atoms with E-state index in [2.05, 4.69) is 96.1 Å². The van der Waals surface area contributed by atoms with Gasteiger partial charge in [0.25, 0.3) is 0 Å². The molecular weight excluding hydrogens is 328 g/mol. The van der Waals surface area contributed by atoms with E-state index < -0.39 is 0 Å². The van der Waals surface area contributed by atoms with Crippen LogP contribution in [-0.2, 0) is 10.8 Å². The molecule has 3 aromatic carbocycles. The molecule has 0 aliphatic rings. The second-order valence-corrected chi connectivity index (χ2v) is 9.54. The minimum absolute atomic E-state index is 0.00415. The van der Waals surface area contributed by atoms with Crippen LogP contribution in [0.4, 0.5) is 0 Å². The highest BCUT2D eigenvalue weighted by molar-refractivity contribution is 6.09. The van der Waals surface area contributed by atoms with Gasteiger partial charge in [-0.15, -0.1) is 0 Å². The molecule has 0 bridgehead atoms. The van der Waals surface area contributed by atoms with E-state index in [-0.39, 0.29) is 10.8 Å². The molecule has 0 unspecified atom stereocenters. The Kier molecular flexibility index (Phi) is 3.96. The van der Waals surface area contributed by atoms with Gasteiger partial charge in [0, 0.05) is 10.8 Å². The van der Waals surface area contributed by atoms with E-state index in [9.17, 15) is 0 Å². The van der Waals surface area contributed by atoms with Crippen LogP contribution in [0.3, 0.4) is 0 Å². The molecule has 0 saturated heterocycles. The van der Waals surface area contributed by atoms with Crippen LogP contribution in [0, 0.1) is 0 Å². The maximum atomic E-state index is 6.14. The van der Waals surface area contributed by atoms with Crippen LogP contribution in [-0.4, -0.2) is 0 Å². The summed E-state index contributed by atoms with van der Waals surface area (Å²) in [5.74, 6) is 0. The SMILES string of the molecule is CC(C)(C)c1ccc(-c2ccc3oc4ccccc4c3c2C(C)(C)C)cc1. The molecule has 0 spiro atoms. The third-order valence-electron chi connectivity index (χ3n) is 5.36. The standard InChI is InChI=1S/C26H28O/c1-25(2,3)18-13-11-17(12-14-18)19-15-16-22-23(24(19)26(4,5)6)20-9-7-8-10-21(20)27-22/h7-16H,1-6H3. The fourth-order valence-electron chi connectivity index (χ4n) is 3.99. The Hall–Kier alpha value is -2.54. The lowest BCUT2D eigenvalue weighted by Gasteiger charge is -2.25. The smallest absolute Gasteiger partial charge is 0.135 e. The monoisotopic (exact) mass is 356 g/mol. The Labute approximate surface area is 162 Å². The van der Waals surface area contributed by atoms with Crippen LogP contribution in [0.1, 0.15) is 52.7 Å². The second kappa shape index (κ2) is 5.99. The van der Waals surface area contributed by atoms with Gasteiger partial charge in [-0.05, 0) is 45.2 Å². The van der Waals surface area contributed by atoms with E-state index in [1.54, 1.807) is 0 Å². The van der Waals surface area contributed by atoms with Crippen molar-refractivity contribution in [1.82, 2.24) is 0 Å². The van der Waals surface area contributed by atoms with E-state index in [0.29, 0.717) is 0 Å². The highest BCUT2D eigenvalue weighted by Gasteiger charge is 2.25. The van der Waals surface area contributed by atoms with Gasteiger partial charge in [-0.25, -0.2) is 0 Å². The van der Waals surface area contributed by atoms with Crippen molar-refractivity contribution in [2.45, 2.75) is 52.4 Å². The van der Waals surface area contributed by atoms with Gasteiger partial charge >= 0.3 is 0 Å². The second-order valence-electron chi connectivity index (χ2n) is 9.54. The normalized spacial score (nSPS) is 12.8. The maximum Gasteiger partial charge on any atom is 0.135 e. The van der Waals surface area contributed by atoms with Gasteiger partial charge in [-0.3, -0.25) is 0 Å². The molecule has 0 amide bonds. The number of benzene rings is 3. The number of rotatable bonds is 1. The van der Waals surface area contributed by atoms with E-state index in [1.807, 2.05) is 6.07 Å². The van der Waals surface area contributed by atoms with Gasteiger partial charge < -0.3 is 4.42 Å². The van der Waals surface area contributed by atoms with E-state index in [4.69, 9.17) is 4.42 Å². The van der Waals surface area contributed by atoms with Crippen LogP contribution < -0.4 is 0 Å². The van der Waals surface area contributed by atoms with E-state index >= 15 is 0 Å². The van der Waals surface area contributed by atoms with Crippen molar-refractivity contribution in [2.75, 3.05) is 0 Å². The molecule has 1 nitrogen and oxygen atoms in total. The first kappa shape index (κ1) is 17.9. The molecule has 0 N–H and O–H groups in total. The Morgan fingerprint density at radius 1 is 0.630 bits per heavy atom. The highest BCUT2D eigenvalue weighted by atomic mass is 16.3. The number of furan rings is 1. The lowest BCUT2D eigenvalue weighted by Crippen LogP contribution is -2.14. The Balaban J connectivity index is 2.02. The molecule has 0 radical (unpaired) electrons. The fraction of sp³-hybridized carbons (Fsp3) is 0.308. The van der Waals surface area contributed by atoms with E-state index in [0.717, 1.165) is 11.2 Å². The average molecular weight is 357 g/mol. The van der Waals surface area contributed by atoms with Gasteiger partial charge in [0.1, 0.15) is 11.2 Å². The van der Waals surface area contributed by atoms with Crippen LogP contribution in [0.2, 0.25) is 0 Å².